The van der Waals surface area contributed by atoms with Crippen molar-refractivity contribution < 1.29 is 23.5 Å². The first kappa shape index (κ1) is 16.7. The van der Waals surface area contributed by atoms with Crippen molar-refractivity contribution in [2.24, 2.45) is 5.73 Å². The van der Waals surface area contributed by atoms with E-state index in [0.29, 0.717) is 29.7 Å². The lowest BCUT2D eigenvalue weighted by molar-refractivity contribution is -0.138. The maximum absolute atomic E-state index is 12.0. The number of rotatable bonds is 6. The second-order valence-corrected chi connectivity index (χ2v) is 5.01. The minimum Gasteiger partial charge on any atom is -0.480 e. The number of nitrogens with two attached hydrogens (primary N) is 1. The number of carboxylic acid groups (broad SMARTS) is 1. The van der Waals surface area contributed by atoms with Crippen molar-refractivity contribution >= 4 is 11.9 Å². The molecule has 23 heavy (non-hydrogen) atoms. The van der Waals surface area contributed by atoms with E-state index in [1.165, 1.54) is 0 Å². The van der Waals surface area contributed by atoms with Gasteiger partial charge < -0.3 is 25.0 Å². The Morgan fingerprint density at radius 2 is 1.91 bits per heavy atom. The Kier molecular flexibility index (Phi) is 4.80. The van der Waals surface area contributed by atoms with E-state index in [0.717, 1.165) is 0 Å². The molecule has 1 unspecified atom stereocenters. The van der Waals surface area contributed by atoms with Crippen LogP contribution in [0.2, 0.25) is 0 Å². The number of aliphatic carboxylic acids is 1. The topological polar surface area (TPSA) is 144 Å². The van der Waals surface area contributed by atoms with Gasteiger partial charge in [0.2, 0.25) is 0 Å². The largest absolute Gasteiger partial charge is 0.480 e. The number of oxazole rings is 2. The summed E-state index contributed by atoms with van der Waals surface area (Å²) in [5, 5.41) is 11.6. The average Bonchev–Trinajstić information content (AvgIpc) is 3.00. The smallest absolute Gasteiger partial charge is 0.326 e. The van der Waals surface area contributed by atoms with Crippen LogP contribution in [0.4, 0.5) is 0 Å². The molecule has 0 bridgehead atoms. The highest BCUT2D eigenvalue weighted by molar-refractivity contribution is 5.93. The van der Waals surface area contributed by atoms with Crippen LogP contribution in [-0.2, 0) is 11.2 Å². The molecule has 0 spiro atoms. The van der Waals surface area contributed by atoms with Gasteiger partial charge in [-0.1, -0.05) is 0 Å². The molecule has 2 aromatic rings. The van der Waals surface area contributed by atoms with Gasteiger partial charge in [0.05, 0.1) is 0 Å². The predicted molar refractivity (Wildman–Crippen MR) is 77.8 cm³/mol. The Hall–Kier alpha value is -2.68. The van der Waals surface area contributed by atoms with E-state index in [1.807, 2.05) is 0 Å². The fourth-order valence-corrected chi connectivity index (χ4v) is 2.08. The molecule has 9 nitrogen and oxygen atoms in total. The van der Waals surface area contributed by atoms with Gasteiger partial charge in [0.25, 0.3) is 5.91 Å². The molecular weight excluding hydrogens is 304 g/mol. The SMILES string of the molecule is Cc1nc(C(=O)NCCc2nc(C(N)C(=O)O)c(C)o2)c(C)o1. The molecule has 0 saturated heterocycles. The molecule has 9 heteroatoms. The van der Waals surface area contributed by atoms with Crippen molar-refractivity contribution in [2.75, 3.05) is 6.54 Å². The van der Waals surface area contributed by atoms with Crippen LogP contribution in [0.1, 0.15) is 45.5 Å². The number of aryl methyl sites for hydroxylation is 3. The van der Waals surface area contributed by atoms with Crippen LogP contribution in [0.25, 0.3) is 0 Å². The third-order valence-corrected chi connectivity index (χ3v) is 3.18. The molecule has 0 aliphatic carbocycles. The summed E-state index contributed by atoms with van der Waals surface area (Å²) < 4.78 is 10.6. The standard InChI is InChI=1S/C14H18N4O5/c1-6-11(10(15)14(20)21)18-9(23-6)4-5-16-13(19)12-7(2)22-8(3)17-12/h10H,4-5,15H2,1-3H3,(H,16,19)(H,20,21). The van der Waals surface area contributed by atoms with Crippen molar-refractivity contribution in [2.45, 2.75) is 33.2 Å². The van der Waals surface area contributed by atoms with E-state index in [9.17, 15) is 9.59 Å². The van der Waals surface area contributed by atoms with Gasteiger partial charge in [-0.25, -0.2) is 9.97 Å². The molecule has 0 aliphatic rings. The van der Waals surface area contributed by atoms with Crippen LogP contribution < -0.4 is 11.1 Å². The number of amides is 1. The normalized spacial score (nSPS) is 12.2. The van der Waals surface area contributed by atoms with E-state index in [2.05, 4.69) is 15.3 Å². The van der Waals surface area contributed by atoms with Crippen LogP contribution in [-0.4, -0.2) is 33.5 Å². The van der Waals surface area contributed by atoms with E-state index >= 15 is 0 Å². The van der Waals surface area contributed by atoms with Gasteiger partial charge in [0.15, 0.2) is 17.5 Å². The Morgan fingerprint density at radius 1 is 1.22 bits per heavy atom. The molecule has 2 aromatic heterocycles. The van der Waals surface area contributed by atoms with Crippen molar-refractivity contribution in [3.8, 4) is 0 Å². The van der Waals surface area contributed by atoms with Gasteiger partial charge in [-0.05, 0) is 13.8 Å². The number of nitrogens with one attached hydrogen (secondary N) is 1. The molecule has 1 atom stereocenters. The molecule has 2 heterocycles. The molecule has 0 aromatic carbocycles. The maximum Gasteiger partial charge on any atom is 0.326 e. The Labute approximate surface area is 131 Å². The minimum absolute atomic E-state index is 0.182. The summed E-state index contributed by atoms with van der Waals surface area (Å²) in [6, 6.07) is -1.23. The van der Waals surface area contributed by atoms with Crippen LogP contribution in [0.15, 0.2) is 8.83 Å². The number of hydrogen-bond donors (Lipinski definition) is 3. The number of carbonyl (C=O) groups is 2. The molecule has 2 rings (SSSR count). The second kappa shape index (κ2) is 6.61. The fraction of sp³-hybridized carbons (Fsp3) is 0.429. The lowest BCUT2D eigenvalue weighted by Crippen LogP contribution is -2.26. The van der Waals surface area contributed by atoms with Gasteiger partial charge in [0.1, 0.15) is 23.3 Å². The van der Waals surface area contributed by atoms with Gasteiger partial charge >= 0.3 is 5.97 Å². The lowest BCUT2D eigenvalue weighted by Gasteiger charge is -2.01. The zero-order valence-electron chi connectivity index (χ0n) is 13.0. The van der Waals surface area contributed by atoms with Gasteiger partial charge in [0, 0.05) is 19.9 Å². The molecule has 0 saturated carbocycles. The third kappa shape index (κ3) is 3.75. The quantitative estimate of drug-likeness (QED) is 0.702. The van der Waals surface area contributed by atoms with Crippen LogP contribution in [0.3, 0.4) is 0 Å². The predicted octanol–water partition coefficient (Wildman–Crippen LogP) is 0.645. The summed E-state index contributed by atoms with van der Waals surface area (Å²) >= 11 is 0. The summed E-state index contributed by atoms with van der Waals surface area (Å²) in [6.45, 7) is 5.17. The van der Waals surface area contributed by atoms with Crippen molar-refractivity contribution in [1.29, 1.82) is 0 Å². The van der Waals surface area contributed by atoms with Crippen molar-refractivity contribution in [3.63, 3.8) is 0 Å². The van der Waals surface area contributed by atoms with Crippen LogP contribution >= 0.6 is 0 Å². The first-order valence-electron chi connectivity index (χ1n) is 6.96. The zero-order chi connectivity index (χ0) is 17.1. The van der Waals surface area contributed by atoms with Crippen molar-refractivity contribution in [1.82, 2.24) is 15.3 Å². The summed E-state index contributed by atoms with van der Waals surface area (Å²) in [7, 11) is 0. The summed E-state index contributed by atoms with van der Waals surface area (Å²) in [4.78, 5) is 30.9. The maximum atomic E-state index is 12.0. The van der Waals surface area contributed by atoms with Crippen molar-refractivity contribution in [3.05, 3.63) is 34.7 Å². The molecule has 1 amide bonds. The van der Waals surface area contributed by atoms with Crippen LogP contribution in [0.5, 0.6) is 0 Å². The molecule has 4 N–H and O–H groups in total. The number of aromatic nitrogens is 2. The highest BCUT2D eigenvalue weighted by atomic mass is 16.4. The lowest BCUT2D eigenvalue weighted by atomic mass is 10.2. The average molecular weight is 322 g/mol. The van der Waals surface area contributed by atoms with E-state index in [4.69, 9.17) is 19.7 Å². The highest BCUT2D eigenvalue weighted by Crippen LogP contribution is 2.17. The number of carbonyl (C=O) groups excluding carboxylic acids is 1. The minimum atomic E-state index is -1.23. The molecular formula is C14H18N4O5. The molecule has 124 valence electrons. The van der Waals surface area contributed by atoms with Crippen LogP contribution in [0, 0.1) is 20.8 Å². The molecule has 0 aliphatic heterocycles. The Balaban J connectivity index is 1.94. The van der Waals surface area contributed by atoms with Gasteiger partial charge in [-0.15, -0.1) is 0 Å². The Morgan fingerprint density at radius 3 is 2.48 bits per heavy atom. The number of nitrogens with zero attached hydrogens (tertiary/aromatic N) is 2. The molecule has 0 fully saturated rings. The first-order chi connectivity index (χ1) is 10.8. The molecule has 0 radical (unpaired) electrons. The van der Waals surface area contributed by atoms with Gasteiger partial charge in [-0.2, -0.15) is 0 Å². The van der Waals surface area contributed by atoms with E-state index in [-0.39, 0.29) is 23.8 Å². The fourth-order valence-electron chi connectivity index (χ4n) is 2.08. The summed E-state index contributed by atoms with van der Waals surface area (Å²) in [5.74, 6) is -0.0140. The third-order valence-electron chi connectivity index (χ3n) is 3.18. The Bertz CT molecular complexity index is 734. The van der Waals surface area contributed by atoms with E-state index in [1.54, 1.807) is 20.8 Å². The van der Waals surface area contributed by atoms with E-state index < -0.39 is 12.0 Å². The summed E-state index contributed by atoms with van der Waals surface area (Å²) in [6.07, 6.45) is 0.300. The number of hydrogen-bond acceptors (Lipinski definition) is 7. The highest BCUT2D eigenvalue weighted by Gasteiger charge is 2.22. The first-order valence-corrected chi connectivity index (χ1v) is 6.96. The second-order valence-electron chi connectivity index (χ2n) is 5.01. The zero-order valence-corrected chi connectivity index (χ0v) is 13.0. The summed E-state index contributed by atoms with van der Waals surface area (Å²) in [5.41, 5.74) is 5.93. The van der Waals surface area contributed by atoms with Gasteiger partial charge in [-0.3, -0.25) is 9.59 Å². The number of carboxylic acids is 1. The monoisotopic (exact) mass is 322 g/mol.